The Morgan fingerprint density at radius 3 is 2.72 bits per heavy atom. The van der Waals surface area contributed by atoms with Gasteiger partial charge >= 0.3 is 5.97 Å². The van der Waals surface area contributed by atoms with Crippen molar-refractivity contribution >= 4 is 16.0 Å². The van der Waals surface area contributed by atoms with Crippen LogP contribution in [0.25, 0.3) is 0 Å². The predicted molar refractivity (Wildman–Crippen MR) is 60.6 cm³/mol. The Bertz CT molecular complexity index is 532. The number of hydrogen-bond donors (Lipinski definition) is 0. The molecule has 100 valence electrons. The third kappa shape index (κ3) is 3.02. The molecule has 0 aliphatic heterocycles. The molecule has 1 aromatic heterocycles. The van der Waals surface area contributed by atoms with E-state index in [2.05, 4.69) is 9.72 Å². The van der Waals surface area contributed by atoms with Crippen LogP contribution in [-0.2, 0) is 19.6 Å². The molecular formula is C10H13FN2O4S. The van der Waals surface area contributed by atoms with Crippen molar-refractivity contribution in [1.82, 2.24) is 9.29 Å². The molecule has 0 saturated carbocycles. The van der Waals surface area contributed by atoms with Crippen LogP contribution in [0.4, 0.5) is 4.39 Å². The fraction of sp³-hybridized carbons (Fsp3) is 0.400. The van der Waals surface area contributed by atoms with Crippen LogP contribution in [-0.4, -0.2) is 43.9 Å². The highest BCUT2D eigenvalue weighted by atomic mass is 32.2. The Morgan fingerprint density at radius 1 is 1.56 bits per heavy atom. The molecule has 1 rings (SSSR count). The molecule has 0 atom stereocenters. The van der Waals surface area contributed by atoms with Gasteiger partial charge in [-0.05, 0) is 12.1 Å². The third-order valence-electron chi connectivity index (χ3n) is 2.19. The highest BCUT2D eigenvalue weighted by Gasteiger charge is 2.29. The number of carbonyl (C=O) groups is 1. The SMILES string of the molecule is CCN(CC(=O)OC)S(=O)(=O)c1ncccc1F. The maximum Gasteiger partial charge on any atom is 0.321 e. The van der Waals surface area contributed by atoms with Crippen LogP contribution in [0.2, 0.25) is 0 Å². The number of pyridine rings is 1. The summed E-state index contributed by atoms with van der Waals surface area (Å²) in [6.45, 7) is 1.06. The summed E-state index contributed by atoms with van der Waals surface area (Å²) >= 11 is 0. The lowest BCUT2D eigenvalue weighted by Gasteiger charge is -2.18. The highest BCUT2D eigenvalue weighted by Crippen LogP contribution is 2.15. The molecule has 0 bridgehead atoms. The summed E-state index contributed by atoms with van der Waals surface area (Å²) in [5.41, 5.74) is 0. The Hall–Kier alpha value is -1.54. The number of ether oxygens (including phenoxy) is 1. The number of sulfonamides is 1. The summed E-state index contributed by atoms with van der Waals surface area (Å²) < 4.78 is 42.7. The smallest absolute Gasteiger partial charge is 0.321 e. The number of esters is 1. The van der Waals surface area contributed by atoms with Crippen molar-refractivity contribution in [2.75, 3.05) is 20.2 Å². The second kappa shape index (κ2) is 5.87. The largest absolute Gasteiger partial charge is 0.468 e. The van der Waals surface area contributed by atoms with Crippen molar-refractivity contribution in [3.63, 3.8) is 0 Å². The van der Waals surface area contributed by atoms with Gasteiger partial charge in [-0.3, -0.25) is 4.79 Å². The first-order valence-electron chi connectivity index (χ1n) is 5.11. The number of halogens is 1. The monoisotopic (exact) mass is 276 g/mol. The fourth-order valence-corrected chi connectivity index (χ4v) is 2.63. The van der Waals surface area contributed by atoms with Crippen LogP contribution < -0.4 is 0 Å². The Labute approximate surface area is 104 Å². The van der Waals surface area contributed by atoms with Crippen LogP contribution >= 0.6 is 0 Å². The van der Waals surface area contributed by atoms with E-state index in [0.717, 1.165) is 17.5 Å². The van der Waals surface area contributed by atoms with Crippen LogP contribution in [0.1, 0.15) is 6.92 Å². The zero-order valence-corrected chi connectivity index (χ0v) is 10.8. The van der Waals surface area contributed by atoms with E-state index < -0.39 is 33.4 Å². The van der Waals surface area contributed by atoms with E-state index in [4.69, 9.17) is 0 Å². The number of hydrogen-bond acceptors (Lipinski definition) is 5. The number of likely N-dealkylation sites (N-methyl/N-ethyl adjacent to an activating group) is 1. The lowest BCUT2D eigenvalue weighted by molar-refractivity contribution is -0.140. The van der Waals surface area contributed by atoms with Gasteiger partial charge in [0.25, 0.3) is 10.0 Å². The molecule has 1 aromatic rings. The van der Waals surface area contributed by atoms with Gasteiger partial charge in [-0.15, -0.1) is 0 Å². The van der Waals surface area contributed by atoms with Crippen molar-refractivity contribution in [2.45, 2.75) is 11.9 Å². The summed E-state index contributed by atoms with van der Waals surface area (Å²) in [5.74, 6) is -1.68. The minimum Gasteiger partial charge on any atom is -0.468 e. The summed E-state index contributed by atoms with van der Waals surface area (Å²) in [7, 11) is -3.00. The van der Waals surface area contributed by atoms with Gasteiger partial charge in [0.2, 0.25) is 5.03 Å². The molecule has 0 N–H and O–H groups in total. The van der Waals surface area contributed by atoms with Crippen LogP contribution in [0, 0.1) is 5.82 Å². The lowest BCUT2D eigenvalue weighted by atomic mass is 10.5. The normalized spacial score (nSPS) is 11.6. The van der Waals surface area contributed by atoms with Gasteiger partial charge in [0, 0.05) is 12.7 Å². The standard InChI is InChI=1S/C10H13FN2O4S/c1-3-13(7-9(14)17-2)18(15,16)10-8(11)5-4-6-12-10/h4-6H,3,7H2,1-2H3. The van der Waals surface area contributed by atoms with E-state index in [0.29, 0.717) is 0 Å². The van der Waals surface area contributed by atoms with Gasteiger partial charge in [0.05, 0.1) is 7.11 Å². The topological polar surface area (TPSA) is 76.6 Å². The molecule has 0 saturated heterocycles. The minimum absolute atomic E-state index is 0.00739. The summed E-state index contributed by atoms with van der Waals surface area (Å²) in [5, 5.41) is -0.698. The second-order valence-electron chi connectivity index (χ2n) is 3.30. The van der Waals surface area contributed by atoms with Crippen molar-refractivity contribution < 1.29 is 22.3 Å². The van der Waals surface area contributed by atoms with Crippen molar-refractivity contribution in [3.05, 3.63) is 24.1 Å². The number of methoxy groups -OCH3 is 1. The van der Waals surface area contributed by atoms with Gasteiger partial charge in [-0.2, -0.15) is 4.31 Å². The zero-order chi connectivity index (χ0) is 13.8. The Kier molecular flexibility index (Phi) is 4.74. The second-order valence-corrected chi connectivity index (χ2v) is 5.15. The molecule has 1 heterocycles. The molecule has 8 heteroatoms. The molecule has 0 spiro atoms. The van der Waals surface area contributed by atoms with Crippen LogP contribution in [0.15, 0.2) is 23.4 Å². The van der Waals surface area contributed by atoms with Crippen molar-refractivity contribution in [2.24, 2.45) is 0 Å². The van der Waals surface area contributed by atoms with Gasteiger partial charge in [-0.25, -0.2) is 17.8 Å². The summed E-state index contributed by atoms with van der Waals surface area (Å²) in [4.78, 5) is 14.6. The molecule has 0 aromatic carbocycles. The first kappa shape index (κ1) is 14.5. The molecular weight excluding hydrogens is 263 g/mol. The van der Waals surface area contributed by atoms with Crippen molar-refractivity contribution in [3.8, 4) is 0 Å². The predicted octanol–water partition coefficient (Wildman–Crippen LogP) is 0.404. The summed E-state index contributed by atoms with van der Waals surface area (Å²) in [6, 6.07) is 2.27. The quantitative estimate of drug-likeness (QED) is 0.728. The number of aromatic nitrogens is 1. The molecule has 0 unspecified atom stereocenters. The van der Waals surface area contributed by atoms with Crippen LogP contribution in [0.3, 0.4) is 0 Å². The van der Waals surface area contributed by atoms with E-state index in [1.165, 1.54) is 19.2 Å². The first-order chi connectivity index (χ1) is 8.43. The van der Waals surface area contributed by atoms with Gasteiger partial charge in [0.15, 0.2) is 5.82 Å². The Balaban J connectivity index is 3.12. The average Bonchev–Trinajstić information content (AvgIpc) is 2.35. The van der Waals surface area contributed by atoms with E-state index in [9.17, 15) is 17.6 Å². The van der Waals surface area contributed by atoms with Gasteiger partial charge in [0.1, 0.15) is 6.54 Å². The van der Waals surface area contributed by atoms with Crippen molar-refractivity contribution in [1.29, 1.82) is 0 Å². The van der Waals surface area contributed by atoms with E-state index in [1.807, 2.05) is 0 Å². The molecule has 0 amide bonds. The average molecular weight is 276 g/mol. The molecule has 6 nitrogen and oxygen atoms in total. The zero-order valence-electron chi connectivity index (χ0n) is 9.96. The fourth-order valence-electron chi connectivity index (χ4n) is 1.26. The maximum absolute atomic E-state index is 13.4. The number of nitrogens with zero attached hydrogens (tertiary/aromatic N) is 2. The number of carbonyl (C=O) groups excluding carboxylic acids is 1. The van der Waals surface area contributed by atoms with E-state index >= 15 is 0 Å². The third-order valence-corrected chi connectivity index (χ3v) is 4.05. The lowest BCUT2D eigenvalue weighted by Crippen LogP contribution is -2.36. The first-order valence-corrected chi connectivity index (χ1v) is 6.55. The molecule has 0 radical (unpaired) electrons. The van der Waals surface area contributed by atoms with E-state index in [1.54, 1.807) is 0 Å². The minimum atomic E-state index is -4.14. The van der Waals surface area contributed by atoms with Gasteiger partial charge < -0.3 is 4.74 Å². The maximum atomic E-state index is 13.4. The van der Waals surface area contributed by atoms with Crippen LogP contribution in [0.5, 0.6) is 0 Å². The number of rotatable bonds is 5. The highest BCUT2D eigenvalue weighted by molar-refractivity contribution is 7.89. The Morgan fingerprint density at radius 2 is 2.22 bits per heavy atom. The van der Waals surface area contributed by atoms with Gasteiger partial charge in [-0.1, -0.05) is 6.92 Å². The molecule has 18 heavy (non-hydrogen) atoms. The molecule has 0 aliphatic rings. The van der Waals surface area contributed by atoms with E-state index in [-0.39, 0.29) is 6.54 Å². The molecule has 0 aliphatic carbocycles. The summed E-state index contributed by atoms with van der Waals surface area (Å²) in [6.07, 6.45) is 1.17. The molecule has 0 fully saturated rings.